The number of halogens is 3. The van der Waals surface area contributed by atoms with Gasteiger partial charge in [0.1, 0.15) is 5.82 Å². The van der Waals surface area contributed by atoms with Crippen LogP contribution in [0.1, 0.15) is 0 Å². The van der Waals surface area contributed by atoms with Crippen LogP contribution in [-0.4, -0.2) is 43.1 Å². The number of aromatic nitrogens is 1. The van der Waals surface area contributed by atoms with Gasteiger partial charge in [0.25, 0.3) is 0 Å². The molecule has 0 N–H and O–H groups in total. The van der Waals surface area contributed by atoms with E-state index in [2.05, 4.69) is 22.9 Å². The minimum Gasteiger partial charge on any atom is -0.368 e. The van der Waals surface area contributed by atoms with E-state index in [-0.39, 0.29) is 39.8 Å². The highest BCUT2D eigenvalue weighted by molar-refractivity contribution is 8.93. The number of para-hydroxylation sites is 1. The van der Waals surface area contributed by atoms with E-state index in [0.717, 1.165) is 42.8 Å². The third kappa shape index (κ3) is 4.08. The molecule has 0 aliphatic carbocycles. The molecule has 0 bridgehead atoms. The van der Waals surface area contributed by atoms with Gasteiger partial charge in [-0.25, -0.2) is 9.37 Å². The maximum atomic E-state index is 14.2. The summed E-state index contributed by atoms with van der Waals surface area (Å²) in [5.74, 6) is -0.232. The topological polar surface area (TPSA) is 19.4 Å². The Hall–Kier alpha value is -1.50. The molecule has 1 aromatic heterocycles. The third-order valence-corrected chi connectivity index (χ3v) is 4.69. The van der Waals surface area contributed by atoms with Gasteiger partial charge in [-0.05, 0) is 31.3 Å². The van der Waals surface area contributed by atoms with Crippen molar-refractivity contribution in [2.75, 3.05) is 38.1 Å². The zero-order chi connectivity index (χ0) is 16.5. The van der Waals surface area contributed by atoms with Crippen molar-refractivity contribution in [3.05, 3.63) is 60.4 Å². The van der Waals surface area contributed by atoms with E-state index >= 15 is 0 Å². The quantitative estimate of drug-likeness (QED) is 0.515. The van der Waals surface area contributed by atoms with Crippen LogP contribution in [0.2, 0.25) is 0 Å². The van der Waals surface area contributed by atoms with Gasteiger partial charge >= 0.3 is 0 Å². The molecule has 0 spiro atoms. The van der Waals surface area contributed by atoms with Crippen LogP contribution in [0, 0.1) is 5.82 Å². The lowest BCUT2D eigenvalue weighted by Crippen LogP contribution is -2.44. The monoisotopic (exact) mass is 481 g/mol. The van der Waals surface area contributed by atoms with Crippen molar-refractivity contribution in [1.29, 1.82) is 0 Å². The second kappa shape index (κ2) is 8.93. The third-order valence-electron chi connectivity index (χ3n) is 4.69. The van der Waals surface area contributed by atoms with Crippen LogP contribution in [0.25, 0.3) is 22.2 Å². The number of hydrogen-bond acceptors (Lipinski definition) is 3. The Morgan fingerprint density at radius 3 is 2.27 bits per heavy atom. The molecule has 2 heterocycles. The second-order valence-corrected chi connectivity index (χ2v) is 6.31. The van der Waals surface area contributed by atoms with Gasteiger partial charge in [-0.1, -0.05) is 30.3 Å². The molecule has 0 atom stereocenters. The Balaban J connectivity index is 0.00000121. The van der Waals surface area contributed by atoms with E-state index < -0.39 is 0 Å². The van der Waals surface area contributed by atoms with Crippen molar-refractivity contribution in [3.63, 3.8) is 0 Å². The minimum absolute atomic E-state index is 0. The summed E-state index contributed by atoms with van der Waals surface area (Å²) in [6.45, 7) is 4.01. The molecule has 0 radical (unpaired) electrons. The normalized spacial score (nSPS) is 14.6. The smallest absolute Gasteiger partial charge is 0.132 e. The summed E-state index contributed by atoms with van der Waals surface area (Å²) < 4.78 is 14.2. The van der Waals surface area contributed by atoms with Gasteiger partial charge in [0.15, 0.2) is 0 Å². The van der Waals surface area contributed by atoms with Gasteiger partial charge < -0.3 is 9.80 Å². The number of nitrogens with zero attached hydrogens (tertiary/aromatic N) is 3. The number of piperazine rings is 1. The summed E-state index contributed by atoms with van der Waals surface area (Å²) in [6, 6.07) is 17.0. The number of anilines is 1. The van der Waals surface area contributed by atoms with E-state index in [1.54, 1.807) is 12.1 Å². The zero-order valence-electron chi connectivity index (χ0n) is 14.6. The van der Waals surface area contributed by atoms with E-state index in [1.807, 2.05) is 30.3 Å². The molecule has 26 heavy (non-hydrogen) atoms. The SMILES string of the molecule is Br.Br.CN1CCN(c2cc(-c3ccccc3F)nc3ccccc23)CC1. The van der Waals surface area contributed by atoms with Crippen molar-refractivity contribution in [3.8, 4) is 11.3 Å². The fourth-order valence-electron chi connectivity index (χ4n) is 3.27. The highest BCUT2D eigenvalue weighted by atomic mass is 79.9. The van der Waals surface area contributed by atoms with Gasteiger partial charge in [0.05, 0.1) is 11.2 Å². The summed E-state index contributed by atoms with van der Waals surface area (Å²) >= 11 is 0. The van der Waals surface area contributed by atoms with E-state index in [1.165, 1.54) is 6.07 Å². The molecule has 0 saturated carbocycles. The first-order valence-electron chi connectivity index (χ1n) is 8.30. The van der Waals surface area contributed by atoms with Crippen LogP contribution in [0.15, 0.2) is 54.6 Å². The van der Waals surface area contributed by atoms with E-state index in [9.17, 15) is 4.39 Å². The maximum Gasteiger partial charge on any atom is 0.132 e. The fraction of sp³-hybridized carbons (Fsp3) is 0.250. The number of rotatable bonds is 2. The van der Waals surface area contributed by atoms with Crippen LogP contribution in [-0.2, 0) is 0 Å². The van der Waals surface area contributed by atoms with Gasteiger partial charge in [0, 0.05) is 42.8 Å². The standard InChI is InChI=1S/C20H20FN3.2BrH/c1-23-10-12-24(13-11-23)20-14-19(15-6-2-4-8-17(15)21)22-18-9-5-3-7-16(18)20;;/h2-9,14H,10-13H2,1H3;2*1H. The summed E-state index contributed by atoms with van der Waals surface area (Å²) in [5.41, 5.74) is 3.30. The van der Waals surface area contributed by atoms with Gasteiger partial charge in [-0.15, -0.1) is 34.0 Å². The van der Waals surface area contributed by atoms with E-state index in [0.29, 0.717) is 11.3 Å². The van der Waals surface area contributed by atoms with Crippen LogP contribution < -0.4 is 4.90 Å². The predicted molar refractivity (Wildman–Crippen MR) is 117 cm³/mol. The number of fused-ring (bicyclic) bond motifs is 1. The largest absolute Gasteiger partial charge is 0.368 e. The molecule has 1 aliphatic rings. The van der Waals surface area contributed by atoms with Crippen LogP contribution in [0.5, 0.6) is 0 Å². The lowest BCUT2D eigenvalue weighted by Gasteiger charge is -2.34. The average molecular weight is 483 g/mol. The predicted octanol–water partition coefficient (Wildman–Crippen LogP) is 4.95. The highest BCUT2D eigenvalue weighted by Gasteiger charge is 2.18. The van der Waals surface area contributed by atoms with Crippen molar-refractivity contribution in [2.45, 2.75) is 0 Å². The molecule has 3 aromatic rings. The molecule has 4 rings (SSSR count). The lowest BCUT2D eigenvalue weighted by atomic mass is 10.1. The van der Waals surface area contributed by atoms with Crippen molar-refractivity contribution < 1.29 is 4.39 Å². The first kappa shape index (κ1) is 20.8. The minimum atomic E-state index is -0.232. The Morgan fingerprint density at radius 1 is 0.885 bits per heavy atom. The number of hydrogen-bond donors (Lipinski definition) is 0. The van der Waals surface area contributed by atoms with Crippen LogP contribution in [0.3, 0.4) is 0 Å². The molecular weight excluding hydrogens is 461 g/mol. The highest BCUT2D eigenvalue weighted by Crippen LogP contribution is 2.32. The number of benzene rings is 2. The van der Waals surface area contributed by atoms with Crippen LogP contribution in [0.4, 0.5) is 10.1 Å². The Morgan fingerprint density at radius 2 is 1.54 bits per heavy atom. The molecule has 0 amide bonds. The summed E-state index contributed by atoms with van der Waals surface area (Å²) in [6.07, 6.45) is 0. The molecule has 1 fully saturated rings. The Labute approximate surface area is 174 Å². The first-order chi connectivity index (χ1) is 11.7. The second-order valence-electron chi connectivity index (χ2n) is 6.31. The van der Waals surface area contributed by atoms with Gasteiger partial charge in [-0.3, -0.25) is 0 Å². The Bertz CT molecular complexity index is 880. The molecule has 3 nitrogen and oxygen atoms in total. The molecular formula is C20H22Br2FN3. The summed E-state index contributed by atoms with van der Waals surface area (Å²) in [5, 5.41) is 1.13. The first-order valence-corrected chi connectivity index (χ1v) is 8.30. The molecule has 6 heteroatoms. The number of likely N-dealkylation sites (N-methyl/N-ethyl adjacent to an activating group) is 1. The average Bonchev–Trinajstić information content (AvgIpc) is 2.62. The van der Waals surface area contributed by atoms with Crippen molar-refractivity contribution in [1.82, 2.24) is 9.88 Å². The van der Waals surface area contributed by atoms with Gasteiger partial charge in [-0.2, -0.15) is 0 Å². The maximum absolute atomic E-state index is 14.2. The molecule has 1 saturated heterocycles. The zero-order valence-corrected chi connectivity index (χ0v) is 18.0. The number of pyridine rings is 1. The summed E-state index contributed by atoms with van der Waals surface area (Å²) in [7, 11) is 2.15. The molecule has 0 unspecified atom stereocenters. The van der Waals surface area contributed by atoms with E-state index in [4.69, 9.17) is 4.98 Å². The fourth-order valence-corrected chi connectivity index (χ4v) is 3.27. The molecule has 138 valence electrons. The Kier molecular flexibility index (Phi) is 7.15. The summed E-state index contributed by atoms with van der Waals surface area (Å²) in [4.78, 5) is 9.41. The van der Waals surface area contributed by atoms with Crippen molar-refractivity contribution in [2.24, 2.45) is 0 Å². The van der Waals surface area contributed by atoms with Crippen molar-refractivity contribution >= 4 is 50.6 Å². The lowest BCUT2D eigenvalue weighted by molar-refractivity contribution is 0.313. The molecule has 2 aromatic carbocycles. The van der Waals surface area contributed by atoms with Crippen LogP contribution >= 0.6 is 34.0 Å². The molecule has 1 aliphatic heterocycles. The van der Waals surface area contributed by atoms with Gasteiger partial charge in [0.2, 0.25) is 0 Å².